The van der Waals surface area contributed by atoms with Crippen molar-refractivity contribution < 1.29 is 18.8 Å². The Morgan fingerprint density at radius 2 is 1.20 bits per heavy atom. The molecule has 0 saturated carbocycles. The Hall–Kier alpha value is -0.0951. The molecule has 2 aliphatic heterocycles. The summed E-state index contributed by atoms with van der Waals surface area (Å²) in [6.45, 7) is 11.1. The predicted molar refractivity (Wildman–Crippen MR) is 56.4 cm³/mol. The highest BCUT2D eigenvalue weighted by molar-refractivity contribution is 6.48. The zero-order chi connectivity index (χ0) is 11.3. The van der Waals surface area contributed by atoms with Crippen molar-refractivity contribution in [2.75, 3.05) is 13.2 Å². The minimum Gasteiger partial charge on any atom is -0.400 e. The molecule has 0 atom stereocenters. The fourth-order valence-electron chi connectivity index (χ4n) is 1.72. The van der Waals surface area contributed by atoms with Crippen molar-refractivity contribution in [3.05, 3.63) is 0 Å². The van der Waals surface area contributed by atoms with Crippen molar-refractivity contribution in [3.63, 3.8) is 0 Å². The Balaban J connectivity index is 2.15. The summed E-state index contributed by atoms with van der Waals surface area (Å²) in [6.07, 6.45) is 0. The molecule has 15 heavy (non-hydrogen) atoms. The van der Waals surface area contributed by atoms with Gasteiger partial charge >= 0.3 is 7.12 Å². The SMILES string of the molecule is CC1(B2OC(C)(C)C(C)(C)O2)OCCO1. The van der Waals surface area contributed by atoms with Crippen molar-refractivity contribution in [3.8, 4) is 0 Å². The first-order chi connectivity index (χ1) is 6.77. The zero-order valence-corrected chi connectivity index (χ0v) is 10.1. The fourth-order valence-corrected chi connectivity index (χ4v) is 1.72. The molecule has 2 saturated heterocycles. The van der Waals surface area contributed by atoms with Crippen LogP contribution in [-0.4, -0.2) is 37.2 Å². The van der Waals surface area contributed by atoms with Crippen molar-refractivity contribution in [1.29, 1.82) is 0 Å². The first-order valence-electron chi connectivity index (χ1n) is 5.40. The Bertz CT molecular complexity index is 242. The van der Waals surface area contributed by atoms with Gasteiger partial charge in [-0.2, -0.15) is 0 Å². The Labute approximate surface area is 91.4 Å². The highest BCUT2D eigenvalue weighted by Crippen LogP contribution is 2.41. The molecule has 0 N–H and O–H groups in total. The van der Waals surface area contributed by atoms with E-state index in [0.717, 1.165) is 0 Å². The summed E-state index contributed by atoms with van der Waals surface area (Å²) in [5, 5.41) is 0. The lowest BCUT2D eigenvalue weighted by atomic mass is 9.78. The molecule has 0 aromatic carbocycles. The summed E-state index contributed by atoms with van der Waals surface area (Å²) in [5.41, 5.74) is -1.43. The second-order valence-corrected chi connectivity index (χ2v) is 5.30. The summed E-state index contributed by atoms with van der Waals surface area (Å²) < 4.78 is 22.8. The summed E-state index contributed by atoms with van der Waals surface area (Å²) in [4.78, 5) is 0. The number of hydrogen-bond donors (Lipinski definition) is 0. The maximum Gasteiger partial charge on any atom is 0.521 e. The van der Waals surface area contributed by atoms with E-state index in [1.165, 1.54) is 0 Å². The van der Waals surface area contributed by atoms with Crippen LogP contribution in [0.25, 0.3) is 0 Å². The van der Waals surface area contributed by atoms with Gasteiger partial charge in [0.05, 0.1) is 24.4 Å². The second-order valence-electron chi connectivity index (χ2n) is 5.30. The summed E-state index contributed by atoms with van der Waals surface area (Å²) >= 11 is 0. The van der Waals surface area contributed by atoms with E-state index in [9.17, 15) is 0 Å². The first kappa shape index (κ1) is 11.4. The number of ether oxygens (including phenoxy) is 2. The maximum absolute atomic E-state index is 5.88. The molecule has 0 radical (unpaired) electrons. The van der Waals surface area contributed by atoms with Gasteiger partial charge in [-0.05, 0) is 34.6 Å². The topological polar surface area (TPSA) is 36.9 Å². The predicted octanol–water partition coefficient (Wildman–Crippen LogP) is 1.38. The zero-order valence-electron chi connectivity index (χ0n) is 10.1. The van der Waals surface area contributed by atoms with Crippen LogP contribution in [0, 0.1) is 0 Å². The van der Waals surface area contributed by atoms with E-state index in [1.807, 2.05) is 34.6 Å². The molecule has 5 heteroatoms. The second kappa shape index (κ2) is 3.20. The molecule has 2 heterocycles. The molecule has 4 nitrogen and oxygen atoms in total. The Morgan fingerprint density at radius 3 is 1.60 bits per heavy atom. The van der Waals surface area contributed by atoms with Crippen LogP contribution in [0.4, 0.5) is 0 Å². The van der Waals surface area contributed by atoms with Crippen LogP contribution in [-0.2, 0) is 18.8 Å². The molecule has 0 aromatic heterocycles. The van der Waals surface area contributed by atoms with Gasteiger partial charge in [-0.15, -0.1) is 0 Å². The average molecular weight is 214 g/mol. The summed E-state index contributed by atoms with van der Waals surface area (Å²) in [5.74, 6) is 0. The quantitative estimate of drug-likeness (QED) is 0.618. The van der Waals surface area contributed by atoms with E-state index in [-0.39, 0.29) is 11.2 Å². The van der Waals surface area contributed by atoms with E-state index < -0.39 is 12.8 Å². The highest BCUT2D eigenvalue weighted by Gasteiger charge is 2.60. The van der Waals surface area contributed by atoms with Crippen LogP contribution in [0.5, 0.6) is 0 Å². The third-order valence-corrected chi connectivity index (χ3v) is 3.54. The molecule has 2 rings (SSSR count). The maximum atomic E-state index is 5.88. The molecule has 86 valence electrons. The molecule has 2 fully saturated rings. The molecule has 2 aliphatic rings. The van der Waals surface area contributed by atoms with Gasteiger partial charge in [0.2, 0.25) is 0 Å². The summed E-state index contributed by atoms with van der Waals surface area (Å²) in [6, 6.07) is 0. The number of rotatable bonds is 1. The fraction of sp³-hybridized carbons (Fsp3) is 1.00. The van der Waals surface area contributed by atoms with Crippen molar-refractivity contribution in [2.45, 2.75) is 51.5 Å². The van der Waals surface area contributed by atoms with Crippen LogP contribution in [0.3, 0.4) is 0 Å². The van der Waals surface area contributed by atoms with Crippen molar-refractivity contribution in [1.82, 2.24) is 0 Å². The van der Waals surface area contributed by atoms with E-state index in [0.29, 0.717) is 13.2 Å². The van der Waals surface area contributed by atoms with Gasteiger partial charge in [0.1, 0.15) is 0 Å². The average Bonchev–Trinajstić information content (AvgIpc) is 2.58. The lowest BCUT2D eigenvalue weighted by molar-refractivity contribution is -0.0986. The van der Waals surface area contributed by atoms with E-state index in [4.69, 9.17) is 18.8 Å². The van der Waals surface area contributed by atoms with Crippen molar-refractivity contribution in [2.24, 2.45) is 0 Å². The van der Waals surface area contributed by atoms with E-state index in [2.05, 4.69) is 0 Å². The lowest BCUT2D eigenvalue weighted by Gasteiger charge is -2.32. The normalized spacial score (nSPS) is 32.2. The summed E-state index contributed by atoms with van der Waals surface area (Å²) in [7, 11) is -0.454. The van der Waals surface area contributed by atoms with Crippen molar-refractivity contribution >= 4 is 7.12 Å². The monoisotopic (exact) mass is 214 g/mol. The lowest BCUT2D eigenvalue weighted by Crippen LogP contribution is -2.47. The molecule has 0 aromatic rings. The van der Waals surface area contributed by atoms with Crippen LogP contribution < -0.4 is 0 Å². The van der Waals surface area contributed by atoms with Crippen LogP contribution >= 0.6 is 0 Å². The molecular formula is C10H19BO4. The highest BCUT2D eigenvalue weighted by atomic mass is 16.8. The number of hydrogen-bond acceptors (Lipinski definition) is 4. The van der Waals surface area contributed by atoms with Gasteiger partial charge in [-0.1, -0.05) is 0 Å². The third-order valence-electron chi connectivity index (χ3n) is 3.54. The molecular weight excluding hydrogens is 195 g/mol. The van der Waals surface area contributed by atoms with E-state index >= 15 is 0 Å². The Kier molecular flexibility index (Phi) is 2.43. The standard InChI is InChI=1S/C10H19BO4/c1-8(2)9(3,4)15-11(14-8)10(5)12-6-7-13-10/h6-7H2,1-5H3. The van der Waals surface area contributed by atoms with Crippen LogP contribution in [0.15, 0.2) is 0 Å². The minimum absolute atomic E-state index is 0.337. The minimum atomic E-state index is -0.759. The largest absolute Gasteiger partial charge is 0.521 e. The van der Waals surface area contributed by atoms with Crippen LogP contribution in [0.1, 0.15) is 34.6 Å². The first-order valence-corrected chi connectivity index (χ1v) is 5.40. The van der Waals surface area contributed by atoms with Gasteiger partial charge in [0, 0.05) is 0 Å². The molecule has 0 unspecified atom stereocenters. The van der Waals surface area contributed by atoms with Gasteiger partial charge in [-0.3, -0.25) is 0 Å². The smallest absolute Gasteiger partial charge is 0.400 e. The van der Waals surface area contributed by atoms with E-state index in [1.54, 1.807) is 0 Å². The molecule has 0 aliphatic carbocycles. The van der Waals surface area contributed by atoms with Gasteiger partial charge in [0.25, 0.3) is 0 Å². The molecule has 0 bridgehead atoms. The Morgan fingerprint density at radius 1 is 0.800 bits per heavy atom. The third kappa shape index (κ3) is 1.71. The van der Waals surface area contributed by atoms with Gasteiger partial charge in [0.15, 0.2) is 5.69 Å². The van der Waals surface area contributed by atoms with Gasteiger partial charge in [-0.25, -0.2) is 0 Å². The van der Waals surface area contributed by atoms with Gasteiger partial charge < -0.3 is 18.8 Å². The van der Waals surface area contributed by atoms with Crippen LogP contribution in [0.2, 0.25) is 0 Å². The molecule has 0 amide bonds. The molecule has 0 spiro atoms.